The van der Waals surface area contributed by atoms with Gasteiger partial charge in [0.05, 0.1) is 5.39 Å². The van der Waals surface area contributed by atoms with Crippen molar-refractivity contribution in [3.8, 4) is 0 Å². The van der Waals surface area contributed by atoms with Gasteiger partial charge in [-0.15, -0.1) is 0 Å². The van der Waals surface area contributed by atoms with Gasteiger partial charge in [-0.25, -0.2) is 15.0 Å². The molecule has 0 aromatic carbocycles. The Labute approximate surface area is 161 Å². The molecule has 7 heteroatoms. The van der Waals surface area contributed by atoms with Gasteiger partial charge in [0.25, 0.3) is 5.91 Å². The first kappa shape index (κ1) is 19.5. The van der Waals surface area contributed by atoms with E-state index in [1.165, 1.54) is 0 Å². The molecular formula is C20H30N6O. The van der Waals surface area contributed by atoms with E-state index < -0.39 is 0 Å². The maximum Gasteiger partial charge on any atom is 0.291 e. The fraction of sp³-hybridized carbons (Fsp3) is 0.600. The first-order valence-electron chi connectivity index (χ1n) is 9.91. The van der Waals surface area contributed by atoms with Crippen molar-refractivity contribution >= 4 is 22.8 Å². The number of aromatic nitrogens is 3. The third-order valence-corrected chi connectivity index (χ3v) is 5.33. The summed E-state index contributed by atoms with van der Waals surface area (Å²) in [7, 11) is 0. The van der Waals surface area contributed by atoms with E-state index in [2.05, 4.69) is 47.5 Å². The van der Waals surface area contributed by atoms with E-state index in [1.54, 1.807) is 0 Å². The van der Waals surface area contributed by atoms with Gasteiger partial charge in [-0.3, -0.25) is 4.79 Å². The zero-order valence-electron chi connectivity index (χ0n) is 17.1. The van der Waals surface area contributed by atoms with E-state index in [9.17, 15) is 4.79 Å². The average Bonchev–Trinajstić information content (AvgIpc) is 2.67. The molecule has 0 aliphatic carbocycles. The van der Waals surface area contributed by atoms with Crippen LogP contribution in [0.3, 0.4) is 0 Å². The highest BCUT2D eigenvalue weighted by molar-refractivity contribution is 5.96. The number of carbonyl (C=O) groups is 1. The molecule has 1 amide bonds. The Kier molecular flexibility index (Phi) is 5.89. The fourth-order valence-electron chi connectivity index (χ4n) is 3.71. The van der Waals surface area contributed by atoms with E-state index in [0.29, 0.717) is 5.65 Å². The van der Waals surface area contributed by atoms with Crippen LogP contribution in [0.2, 0.25) is 0 Å². The van der Waals surface area contributed by atoms with Crippen LogP contribution in [0.5, 0.6) is 0 Å². The quantitative estimate of drug-likeness (QED) is 0.804. The van der Waals surface area contributed by atoms with Crippen molar-refractivity contribution in [1.82, 2.24) is 24.8 Å². The first-order chi connectivity index (χ1) is 13.0. The van der Waals surface area contributed by atoms with Crippen molar-refractivity contribution < 1.29 is 4.79 Å². The predicted molar refractivity (Wildman–Crippen MR) is 108 cm³/mol. The number of amides is 1. The lowest BCUT2D eigenvalue weighted by Crippen LogP contribution is -2.48. The molecule has 2 aromatic rings. The number of nitrogens with zero attached hydrogens (tertiary/aromatic N) is 6. The van der Waals surface area contributed by atoms with Crippen LogP contribution >= 0.6 is 0 Å². The Bertz CT molecular complexity index is 825. The van der Waals surface area contributed by atoms with Crippen LogP contribution in [0.15, 0.2) is 6.07 Å². The van der Waals surface area contributed by atoms with Crippen molar-refractivity contribution in [1.29, 1.82) is 0 Å². The SMILES string of the molecule is CCN1CCN(C(=O)c2nc(N(CC)CC)c3c(C)cc(C)nc3n2)CC1. The monoisotopic (exact) mass is 370 g/mol. The smallest absolute Gasteiger partial charge is 0.291 e. The molecule has 0 radical (unpaired) electrons. The average molecular weight is 371 g/mol. The minimum absolute atomic E-state index is 0.0954. The van der Waals surface area contributed by atoms with Crippen molar-refractivity contribution in [3.05, 3.63) is 23.1 Å². The highest BCUT2D eigenvalue weighted by Gasteiger charge is 2.26. The lowest BCUT2D eigenvalue weighted by atomic mass is 10.1. The Morgan fingerprint density at radius 2 is 1.70 bits per heavy atom. The maximum absolute atomic E-state index is 13.1. The van der Waals surface area contributed by atoms with Gasteiger partial charge in [-0.1, -0.05) is 6.92 Å². The molecule has 1 fully saturated rings. The van der Waals surface area contributed by atoms with Gasteiger partial charge in [0.1, 0.15) is 5.82 Å². The molecule has 1 saturated heterocycles. The van der Waals surface area contributed by atoms with Crippen LogP contribution in [0.25, 0.3) is 11.0 Å². The topological polar surface area (TPSA) is 65.5 Å². The molecule has 27 heavy (non-hydrogen) atoms. The molecular weight excluding hydrogens is 340 g/mol. The van der Waals surface area contributed by atoms with Crippen LogP contribution < -0.4 is 4.90 Å². The molecule has 2 aromatic heterocycles. The predicted octanol–water partition coefficient (Wildman–Crippen LogP) is 2.27. The van der Waals surface area contributed by atoms with E-state index in [1.807, 2.05) is 17.9 Å². The summed E-state index contributed by atoms with van der Waals surface area (Å²) >= 11 is 0. The van der Waals surface area contributed by atoms with Gasteiger partial charge in [0.15, 0.2) is 5.65 Å². The second kappa shape index (κ2) is 8.17. The second-order valence-electron chi connectivity index (χ2n) is 7.05. The number of anilines is 1. The zero-order chi connectivity index (χ0) is 19.6. The van der Waals surface area contributed by atoms with E-state index >= 15 is 0 Å². The van der Waals surface area contributed by atoms with Crippen LogP contribution in [-0.2, 0) is 0 Å². The molecule has 3 heterocycles. The minimum atomic E-state index is -0.0954. The van der Waals surface area contributed by atoms with Crippen LogP contribution in [-0.4, -0.2) is 76.5 Å². The van der Waals surface area contributed by atoms with Crippen LogP contribution in [0.4, 0.5) is 5.82 Å². The number of hydrogen-bond donors (Lipinski definition) is 0. The summed E-state index contributed by atoms with van der Waals surface area (Å²) in [6.07, 6.45) is 0. The summed E-state index contributed by atoms with van der Waals surface area (Å²) in [6, 6.07) is 2.05. The summed E-state index contributed by atoms with van der Waals surface area (Å²) < 4.78 is 0. The third-order valence-electron chi connectivity index (χ3n) is 5.33. The van der Waals surface area contributed by atoms with Crippen molar-refractivity contribution in [2.24, 2.45) is 0 Å². The third kappa shape index (κ3) is 3.88. The highest BCUT2D eigenvalue weighted by atomic mass is 16.2. The number of fused-ring (bicyclic) bond motifs is 1. The van der Waals surface area contributed by atoms with Crippen LogP contribution in [0, 0.1) is 13.8 Å². The van der Waals surface area contributed by atoms with E-state index in [0.717, 1.165) is 68.3 Å². The standard InChI is InChI=1S/C20H30N6O/c1-6-24-9-11-26(12-10-24)20(27)18-22-17-16(14(4)13-15(5)21-17)19(23-18)25(7-2)8-3/h13H,6-12H2,1-5H3. The molecule has 0 atom stereocenters. The summed E-state index contributed by atoms with van der Waals surface area (Å²) in [4.78, 5) is 33.4. The summed E-state index contributed by atoms with van der Waals surface area (Å²) in [6.45, 7) is 16.2. The molecule has 0 N–H and O–H groups in total. The van der Waals surface area contributed by atoms with Crippen molar-refractivity contribution in [3.63, 3.8) is 0 Å². The molecule has 7 nitrogen and oxygen atoms in total. The Morgan fingerprint density at radius 1 is 1.04 bits per heavy atom. The number of aryl methyl sites for hydroxylation is 2. The van der Waals surface area contributed by atoms with Crippen molar-refractivity contribution in [2.45, 2.75) is 34.6 Å². The molecule has 146 valence electrons. The van der Waals surface area contributed by atoms with Gasteiger partial charge < -0.3 is 14.7 Å². The summed E-state index contributed by atoms with van der Waals surface area (Å²) in [5, 5.41) is 0.941. The van der Waals surface area contributed by atoms with Gasteiger partial charge in [0.2, 0.25) is 5.82 Å². The summed E-state index contributed by atoms with van der Waals surface area (Å²) in [5.74, 6) is 0.972. The van der Waals surface area contributed by atoms with E-state index in [-0.39, 0.29) is 11.7 Å². The number of pyridine rings is 1. The van der Waals surface area contributed by atoms with Gasteiger partial charge in [0, 0.05) is 45.0 Å². The highest BCUT2D eigenvalue weighted by Crippen LogP contribution is 2.27. The molecule has 3 rings (SSSR count). The number of likely N-dealkylation sites (N-methyl/N-ethyl adjacent to an activating group) is 1. The Morgan fingerprint density at radius 3 is 2.30 bits per heavy atom. The largest absolute Gasteiger partial charge is 0.356 e. The zero-order valence-corrected chi connectivity index (χ0v) is 17.1. The Hall–Kier alpha value is -2.28. The van der Waals surface area contributed by atoms with E-state index in [4.69, 9.17) is 4.98 Å². The van der Waals surface area contributed by atoms with Gasteiger partial charge in [-0.05, 0) is 45.9 Å². The number of piperazine rings is 1. The fourth-order valence-corrected chi connectivity index (χ4v) is 3.71. The second-order valence-corrected chi connectivity index (χ2v) is 7.05. The van der Waals surface area contributed by atoms with Gasteiger partial charge in [-0.2, -0.15) is 0 Å². The summed E-state index contributed by atoms with van der Waals surface area (Å²) in [5.41, 5.74) is 2.61. The lowest BCUT2D eigenvalue weighted by molar-refractivity contribution is 0.0631. The Balaban J connectivity index is 2.04. The minimum Gasteiger partial charge on any atom is -0.356 e. The molecule has 0 bridgehead atoms. The molecule has 1 aliphatic rings. The normalized spacial score (nSPS) is 15.4. The molecule has 1 aliphatic heterocycles. The maximum atomic E-state index is 13.1. The number of rotatable bonds is 5. The van der Waals surface area contributed by atoms with Crippen LogP contribution in [0.1, 0.15) is 42.6 Å². The first-order valence-corrected chi connectivity index (χ1v) is 9.91. The van der Waals surface area contributed by atoms with Crippen molar-refractivity contribution in [2.75, 3.05) is 50.7 Å². The molecule has 0 unspecified atom stereocenters. The lowest BCUT2D eigenvalue weighted by Gasteiger charge is -2.33. The number of carbonyl (C=O) groups excluding carboxylic acids is 1. The van der Waals surface area contributed by atoms with Gasteiger partial charge >= 0.3 is 0 Å². The number of hydrogen-bond acceptors (Lipinski definition) is 6. The molecule has 0 spiro atoms. The molecule has 0 saturated carbocycles.